The number of hydrogen-bond acceptors (Lipinski definition) is 3. The summed E-state index contributed by atoms with van der Waals surface area (Å²) in [7, 11) is 0. The Morgan fingerprint density at radius 2 is 1.07 bits per heavy atom. The molecule has 264 valence electrons. The first-order chi connectivity index (χ1) is 27.2. The molecule has 0 unspecified atom stereocenters. The van der Waals surface area contributed by atoms with Gasteiger partial charge in [-0.15, -0.1) is 11.3 Å². The summed E-state index contributed by atoms with van der Waals surface area (Å²) >= 11 is 1.86. The highest BCUT2D eigenvalue weighted by Gasteiger charge is 2.61. The fourth-order valence-electron chi connectivity index (χ4n) is 12.3. The summed E-state index contributed by atoms with van der Waals surface area (Å²) in [5, 5.41) is 4.92. The third kappa shape index (κ3) is 4.25. The number of para-hydroxylation sites is 1. The fourth-order valence-corrected chi connectivity index (χ4v) is 13.4. The van der Waals surface area contributed by atoms with Gasteiger partial charge in [0.25, 0.3) is 0 Å². The maximum absolute atomic E-state index is 6.41. The van der Waals surface area contributed by atoms with Crippen LogP contribution in [0.2, 0.25) is 0 Å². The Hall–Kier alpha value is -5.64. The molecule has 0 aliphatic heterocycles. The molecule has 4 bridgehead atoms. The van der Waals surface area contributed by atoms with Gasteiger partial charge >= 0.3 is 0 Å². The lowest BCUT2D eigenvalue weighted by molar-refractivity contribution is -0.0399. The summed E-state index contributed by atoms with van der Waals surface area (Å²) in [6, 6.07) is 56.8. The smallest absolute Gasteiger partial charge is 0.137 e. The molecule has 1 spiro atoms. The molecule has 55 heavy (non-hydrogen) atoms. The van der Waals surface area contributed by atoms with Crippen LogP contribution in [0.5, 0.6) is 0 Å². The van der Waals surface area contributed by atoms with Gasteiger partial charge in [-0.05, 0) is 144 Å². The molecule has 14 rings (SSSR count). The number of benzene rings is 7. The number of rotatable bonds is 4. The Bertz CT molecular complexity index is 2880. The van der Waals surface area contributed by atoms with Gasteiger partial charge < -0.3 is 9.32 Å². The number of furan rings is 1. The van der Waals surface area contributed by atoms with Crippen molar-refractivity contribution >= 4 is 70.5 Å². The van der Waals surface area contributed by atoms with E-state index in [9.17, 15) is 0 Å². The molecule has 0 radical (unpaired) electrons. The average molecular weight is 726 g/mol. The lowest BCUT2D eigenvalue weighted by Crippen LogP contribution is -2.55. The topological polar surface area (TPSA) is 16.4 Å². The molecule has 0 amide bonds. The van der Waals surface area contributed by atoms with Gasteiger partial charge in [-0.3, -0.25) is 0 Å². The van der Waals surface area contributed by atoms with E-state index in [-0.39, 0.29) is 5.41 Å². The van der Waals surface area contributed by atoms with Crippen molar-refractivity contribution in [2.75, 3.05) is 4.90 Å². The molecular weight excluding hydrogens is 687 g/mol. The summed E-state index contributed by atoms with van der Waals surface area (Å²) in [4.78, 5) is 2.38. The molecule has 9 aromatic rings. The summed E-state index contributed by atoms with van der Waals surface area (Å²) < 4.78 is 9.02. The molecular formula is C52H39NOS. The van der Waals surface area contributed by atoms with E-state index in [1.165, 1.54) is 74.5 Å². The van der Waals surface area contributed by atoms with Crippen LogP contribution >= 0.6 is 11.3 Å². The molecule has 4 fully saturated rings. The molecule has 2 nitrogen and oxygen atoms in total. The highest BCUT2D eigenvalue weighted by Crippen LogP contribution is 2.69. The number of fused-ring (bicyclic) bond motifs is 9. The molecule has 2 heterocycles. The summed E-state index contributed by atoms with van der Waals surface area (Å²) in [6.45, 7) is 0. The van der Waals surface area contributed by atoms with Crippen LogP contribution in [0, 0.1) is 23.7 Å². The lowest BCUT2D eigenvalue weighted by Gasteiger charge is -2.61. The van der Waals surface area contributed by atoms with Crippen LogP contribution in [0.3, 0.4) is 0 Å². The van der Waals surface area contributed by atoms with E-state index in [1.54, 1.807) is 11.1 Å². The largest absolute Gasteiger partial charge is 0.456 e. The van der Waals surface area contributed by atoms with Crippen molar-refractivity contribution in [3.8, 4) is 22.3 Å². The Kier molecular flexibility index (Phi) is 6.25. The van der Waals surface area contributed by atoms with E-state index in [2.05, 4.69) is 150 Å². The zero-order valence-corrected chi connectivity index (χ0v) is 31.4. The van der Waals surface area contributed by atoms with E-state index < -0.39 is 0 Å². The van der Waals surface area contributed by atoms with E-state index >= 15 is 0 Å². The van der Waals surface area contributed by atoms with Crippen LogP contribution in [0.4, 0.5) is 17.1 Å². The number of nitrogens with zero attached hydrogens (tertiary/aromatic N) is 1. The van der Waals surface area contributed by atoms with Crippen LogP contribution in [-0.4, -0.2) is 0 Å². The van der Waals surface area contributed by atoms with Crippen LogP contribution < -0.4 is 4.90 Å². The Morgan fingerprint density at radius 3 is 1.91 bits per heavy atom. The second-order valence-electron chi connectivity index (χ2n) is 16.9. The van der Waals surface area contributed by atoms with Crippen LogP contribution in [0.1, 0.15) is 43.2 Å². The van der Waals surface area contributed by atoms with E-state index in [0.717, 1.165) is 62.7 Å². The van der Waals surface area contributed by atoms with E-state index in [4.69, 9.17) is 4.42 Å². The summed E-state index contributed by atoms with van der Waals surface area (Å²) in [6.07, 6.45) is 7.15. The second-order valence-corrected chi connectivity index (χ2v) is 18.0. The molecule has 0 saturated heterocycles. The molecule has 0 atom stereocenters. The van der Waals surface area contributed by atoms with Crippen molar-refractivity contribution < 1.29 is 4.42 Å². The van der Waals surface area contributed by atoms with Gasteiger partial charge in [0.05, 0.1) is 0 Å². The normalized spacial score (nSPS) is 23.3. The predicted octanol–water partition coefficient (Wildman–Crippen LogP) is 14.8. The summed E-state index contributed by atoms with van der Waals surface area (Å²) in [5.41, 5.74) is 14.1. The summed E-state index contributed by atoms with van der Waals surface area (Å²) in [5.74, 6) is 3.48. The first-order valence-corrected chi connectivity index (χ1v) is 21.0. The monoisotopic (exact) mass is 725 g/mol. The molecule has 5 aliphatic carbocycles. The third-order valence-corrected chi connectivity index (χ3v) is 15.4. The maximum atomic E-state index is 6.41. The van der Waals surface area contributed by atoms with Crippen LogP contribution in [-0.2, 0) is 5.41 Å². The second kappa shape index (κ2) is 11.2. The van der Waals surface area contributed by atoms with Crippen molar-refractivity contribution in [2.45, 2.75) is 37.5 Å². The zero-order valence-electron chi connectivity index (χ0n) is 30.5. The van der Waals surface area contributed by atoms with Crippen molar-refractivity contribution in [3.63, 3.8) is 0 Å². The maximum Gasteiger partial charge on any atom is 0.137 e. The molecule has 0 N–H and O–H groups in total. The Morgan fingerprint density at radius 1 is 0.455 bits per heavy atom. The standard InChI is InChI=1S/C52H39NOS/c1-4-10-46-40(7-1)45-28-34(15-22-47(45)52(46)35-24-31-23-32(26-35)27-36(52)25-31)33-13-16-37(17-14-33)53(38-18-20-42-41-8-2-5-11-48(41)54-49(42)29-38)39-19-21-44-43-9-3-6-12-50(43)55-51(44)30-39/h1-22,28-32,35-36H,23-27H2. The third-order valence-electron chi connectivity index (χ3n) is 14.3. The number of thiophene rings is 1. The average Bonchev–Trinajstić information content (AvgIpc) is 3.88. The molecule has 5 aliphatic rings. The van der Waals surface area contributed by atoms with E-state index in [0.29, 0.717) is 0 Å². The fraction of sp³-hybridized carbons (Fsp3) is 0.192. The van der Waals surface area contributed by atoms with Crippen molar-refractivity contribution in [1.29, 1.82) is 0 Å². The molecule has 7 aromatic carbocycles. The number of anilines is 3. The van der Waals surface area contributed by atoms with Gasteiger partial charge in [-0.2, -0.15) is 0 Å². The number of hydrogen-bond donors (Lipinski definition) is 0. The Balaban J connectivity index is 0.925. The van der Waals surface area contributed by atoms with Crippen molar-refractivity contribution in [3.05, 3.63) is 163 Å². The quantitative estimate of drug-likeness (QED) is 0.180. The first kappa shape index (κ1) is 30.7. The lowest BCUT2D eigenvalue weighted by atomic mass is 9.43. The van der Waals surface area contributed by atoms with Crippen LogP contribution in [0.25, 0.3) is 64.4 Å². The van der Waals surface area contributed by atoms with Gasteiger partial charge in [0.15, 0.2) is 0 Å². The van der Waals surface area contributed by atoms with Crippen molar-refractivity contribution in [1.82, 2.24) is 0 Å². The predicted molar refractivity (Wildman–Crippen MR) is 230 cm³/mol. The van der Waals surface area contributed by atoms with Gasteiger partial charge in [-0.1, -0.05) is 91.0 Å². The zero-order chi connectivity index (χ0) is 35.8. The van der Waals surface area contributed by atoms with Crippen molar-refractivity contribution in [2.24, 2.45) is 23.7 Å². The molecule has 4 saturated carbocycles. The molecule has 2 aromatic heterocycles. The van der Waals surface area contributed by atoms with Gasteiger partial charge in [0.2, 0.25) is 0 Å². The highest BCUT2D eigenvalue weighted by atomic mass is 32.1. The van der Waals surface area contributed by atoms with Gasteiger partial charge in [-0.25, -0.2) is 0 Å². The minimum absolute atomic E-state index is 0.207. The Labute approximate surface area is 324 Å². The van der Waals surface area contributed by atoms with Gasteiger partial charge in [0.1, 0.15) is 11.2 Å². The highest BCUT2D eigenvalue weighted by molar-refractivity contribution is 7.25. The minimum Gasteiger partial charge on any atom is -0.456 e. The molecule has 3 heteroatoms. The van der Waals surface area contributed by atoms with Gasteiger partial charge in [0, 0.05) is 59.5 Å². The minimum atomic E-state index is 0.207. The van der Waals surface area contributed by atoms with E-state index in [1.807, 2.05) is 17.4 Å². The first-order valence-electron chi connectivity index (χ1n) is 20.2. The SMILES string of the molecule is c1ccc2c(c1)-c1cc(-c3ccc(N(c4ccc5c(c4)oc4ccccc45)c4ccc5c(c4)sc4ccccc45)cc3)ccc1C21C2CC3CC(C2)CC1C3. The van der Waals surface area contributed by atoms with Crippen LogP contribution in [0.15, 0.2) is 156 Å².